The Hall–Kier alpha value is -2.08. The molecule has 3 nitrogen and oxygen atoms in total. The topological polar surface area (TPSA) is 50.1 Å². The van der Waals surface area contributed by atoms with Gasteiger partial charge in [-0.3, -0.25) is 4.79 Å². The molecule has 0 amide bonds. The second-order valence-electron chi connectivity index (χ2n) is 8.83. The van der Waals surface area contributed by atoms with Crippen molar-refractivity contribution in [2.24, 2.45) is 11.8 Å². The van der Waals surface area contributed by atoms with Crippen LogP contribution in [0.1, 0.15) is 88.2 Å². The number of esters is 1. The van der Waals surface area contributed by atoms with Crippen LogP contribution in [-0.4, -0.2) is 12.1 Å². The third kappa shape index (κ3) is 6.46. The Bertz CT molecular complexity index is 699. The minimum atomic E-state index is 0.0450. The van der Waals surface area contributed by atoms with Gasteiger partial charge < -0.3 is 4.74 Å². The van der Waals surface area contributed by atoms with Gasteiger partial charge in [0.2, 0.25) is 0 Å². The van der Waals surface area contributed by atoms with E-state index in [-0.39, 0.29) is 18.0 Å². The average molecular weight is 394 g/mol. The third-order valence-corrected chi connectivity index (χ3v) is 6.93. The zero-order valence-electron chi connectivity index (χ0n) is 17.8. The fourth-order valence-electron chi connectivity index (χ4n) is 4.95. The van der Waals surface area contributed by atoms with Crippen LogP contribution in [0.5, 0.6) is 0 Å². The van der Waals surface area contributed by atoms with E-state index >= 15 is 0 Å². The van der Waals surface area contributed by atoms with Gasteiger partial charge in [-0.05, 0) is 93.6 Å². The minimum absolute atomic E-state index is 0.0450. The van der Waals surface area contributed by atoms with Gasteiger partial charge in [0.25, 0.3) is 0 Å². The Kier molecular flexibility index (Phi) is 8.35. The van der Waals surface area contributed by atoms with Crippen molar-refractivity contribution in [1.29, 1.82) is 5.26 Å². The van der Waals surface area contributed by atoms with Gasteiger partial charge in [0.15, 0.2) is 0 Å². The SMILES string of the molecule is CCc1ccc(C2CCC(OC(=O)C3CCC(CCC=CC#N)CC3)CC2)cc1. The van der Waals surface area contributed by atoms with Crippen LogP contribution < -0.4 is 0 Å². The number of nitrogens with zero attached hydrogens (tertiary/aromatic N) is 1. The number of hydrogen-bond acceptors (Lipinski definition) is 3. The van der Waals surface area contributed by atoms with Gasteiger partial charge in [-0.2, -0.15) is 5.26 Å². The fraction of sp³-hybridized carbons (Fsp3) is 0.615. The number of rotatable bonds is 7. The van der Waals surface area contributed by atoms with E-state index in [2.05, 4.69) is 31.2 Å². The van der Waals surface area contributed by atoms with Crippen LogP contribution in [0.25, 0.3) is 0 Å². The Morgan fingerprint density at radius 2 is 1.76 bits per heavy atom. The van der Waals surface area contributed by atoms with Crippen molar-refractivity contribution >= 4 is 5.97 Å². The molecule has 2 saturated carbocycles. The predicted octanol–water partition coefficient (Wildman–Crippen LogP) is 6.48. The molecular formula is C26H35NO2. The molecule has 2 fully saturated rings. The maximum absolute atomic E-state index is 12.6. The van der Waals surface area contributed by atoms with Gasteiger partial charge in [0, 0.05) is 6.08 Å². The van der Waals surface area contributed by atoms with Gasteiger partial charge in [0.1, 0.15) is 6.10 Å². The van der Waals surface area contributed by atoms with Gasteiger partial charge in [-0.25, -0.2) is 0 Å². The van der Waals surface area contributed by atoms with E-state index in [4.69, 9.17) is 10.00 Å². The number of hydrogen-bond donors (Lipinski definition) is 0. The molecule has 0 saturated heterocycles. The monoisotopic (exact) mass is 393 g/mol. The van der Waals surface area contributed by atoms with E-state index in [0.717, 1.165) is 70.6 Å². The summed E-state index contributed by atoms with van der Waals surface area (Å²) in [6.07, 6.45) is 15.2. The van der Waals surface area contributed by atoms with Crippen molar-refractivity contribution in [3.8, 4) is 6.07 Å². The molecular weight excluding hydrogens is 358 g/mol. The maximum atomic E-state index is 12.6. The molecule has 0 bridgehead atoms. The maximum Gasteiger partial charge on any atom is 0.309 e. The largest absolute Gasteiger partial charge is 0.462 e. The molecule has 2 aliphatic rings. The van der Waals surface area contributed by atoms with Crippen LogP contribution in [0.15, 0.2) is 36.4 Å². The van der Waals surface area contributed by atoms with E-state index < -0.39 is 0 Å². The van der Waals surface area contributed by atoms with E-state index in [1.54, 1.807) is 6.08 Å². The first-order valence-electron chi connectivity index (χ1n) is 11.5. The van der Waals surface area contributed by atoms with Crippen molar-refractivity contribution in [3.05, 3.63) is 47.5 Å². The van der Waals surface area contributed by atoms with Crippen molar-refractivity contribution in [2.45, 2.75) is 89.6 Å². The lowest BCUT2D eigenvalue weighted by Crippen LogP contribution is -2.29. The normalized spacial score (nSPS) is 27.4. The van der Waals surface area contributed by atoms with E-state index in [1.165, 1.54) is 11.1 Å². The summed E-state index contributed by atoms with van der Waals surface area (Å²) in [6.45, 7) is 2.19. The highest BCUT2D eigenvalue weighted by atomic mass is 16.5. The Labute approximate surface area is 176 Å². The van der Waals surface area contributed by atoms with E-state index in [0.29, 0.717) is 11.8 Å². The first kappa shape index (κ1) is 21.6. The highest BCUT2D eigenvalue weighted by molar-refractivity contribution is 5.72. The molecule has 3 rings (SSSR count). The summed E-state index contributed by atoms with van der Waals surface area (Å²) in [4.78, 5) is 12.6. The molecule has 0 aromatic heterocycles. The first-order valence-corrected chi connectivity index (χ1v) is 11.5. The summed E-state index contributed by atoms with van der Waals surface area (Å²) >= 11 is 0. The Morgan fingerprint density at radius 1 is 1.07 bits per heavy atom. The zero-order valence-corrected chi connectivity index (χ0v) is 17.8. The molecule has 0 aliphatic heterocycles. The van der Waals surface area contributed by atoms with Crippen LogP contribution in [0.2, 0.25) is 0 Å². The number of carbonyl (C=O) groups is 1. The summed E-state index contributed by atoms with van der Waals surface area (Å²) in [7, 11) is 0. The third-order valence-electron chi connectivity index (χ3n) is 6.93. The number of carbonyl (C=O) groups excluding carboxylic acids is 1. The lowest BCUT2D eigenvalue weighted by molar-refractivity contribution is -0.157. The molecule has 156 valence electrons. The van der Waals surface area contributed by atoms with Gasteiger partial charge in [0.05, 0.1) is 12.0 Å². The fourth-order valence-corrected chi connectivity index (χ4v) is 4.95. The summed E-state index contributed by atoms with van der Waals surface area (Å²) in [5.74, 6) is 1.45. The van der Waals surface area contributed by atoms with Crippen LogP contribution >= 0.6 is 0 Å². The van der Waals surface area contributed by atoms with Gasteiger partial charge in [-0.1, -0.05) is 37.3 Å². The van der Waals surface area contributed by atoms with Crippen LogP contribution in [0.3, 0.4) is 0 Å². The van der Waals surface area contributed by atoms with Crippen LogP contribution in [0, 0.1) is 23.2 Å². The highest BCUT2D eigenvalue weighted by Gasteiger charge is 2.30. The lowest BCUT2D eigenvalue weighted by atomic mass is 9.79. The molecule has 0 spiro atoms. The number of nitriles is 1. The van der Waals surface area contributed by atoms with Crippen LogP contribution in [-0.2, 0) is 16.0 Å². The van der Waals surface area contributed by atoms with Gasteiger partial charge in [-0.15, -0.1) is 0 Å². The quantitative estimate of drug-likeness (QED) is 0.393. The zero-order chi connectivity index (χ0) is 20.5. The number of benzene rings is 1. The van der Waals surface area contributed by atoms with E-state index in [9.17, 15) is 4.79 Å². The van der Waals surface area contributed by atoms with E-state index in [1.807, 2.05) is 12.1 Å². The van der Waals surface area contributed by atoms with Crippen molar-refractivity contribution < 1.29 is 9.53 Å². The Balaban J connectivity index is 1.36. The van der Waals surface area contributed by atoms with Gasteiger partial charge >= 0.3 is 5.97 Å². The Morgan fingerprint density at radius 3 is 2.38 bits per heavy atom. The molecule has 0 heterocycles. The lowest BCUT2D eigenvalue weighted by Gasteiger charge is -2.31. The summed E-state index contributed by atoms with van der Waals surface area (Å²) < 4.78 is 5.91. The molecule has 0 atom stereocenters. The number of aryl methyl sites for hydroxylation is 1. The molecule has 1 aromatic rings. The molecule has 2 aliphatic carbocycles. The second kappa shape index (κ2) is 11.2. The minimum Gasteiger partial charge on any atom is -0.462 e. The molecule has 0 radical (unpaired) electrons. The van der Waals surface area contributed by atoms with Crippen LogP contribution in [0.4, 0.5) is 0 Å². The van der Waals surface area contributed by atoms with Crippen molar-refractivity contribution in [1.82, 2.24) is 0 Å². The summed E-state index contributed by atoms with van der Waals surface area (Å²) in [5.41, 5.74) is 2.83. The summed E-state index contributed by atoms with van der Waals surface area (Å²) in [5, 5.41) is 8.54. The second-order valence-corrected chi connectivity index (χ2v) is 8.83. The highest BCUT2D eigenvalue weighted by Crippen LogP contribution is 2.36. The molecule has 0 N–H and O–H groups in total. The first-order chi connectivity index (χ1) is 14.2. The van der Waals surface area contributed by atoms with Crippen molar-refractivity contribution in [3.63, 3.8) is 0 Å². The van der Waals surface area contributed by atoms with Crippen molar-refractivity contribution in [2.75, 3.05) is 0 Å². The number of allylic oxidation sites excluding steroid dienone is 2. The molecule has 29 heavy (non-hydrogen) atoms. The summed E-state index contributed by atoms with van der Waals surface area (Å²) in [6, 6.07) is 11.1. The smallest absolute Gasteiger partial charge is 0.309 e. The standard InChI is InChI=1S/C26H35NO2/c1-2-20-7-11-22(12-8-20)23-15-17-25(18-16-23)29-26(28)24-13-9-21(10-14-24)6-4-3-5-19-27/h3,5,7-8,11-12,21,23-25H,2,4,6,9-10,13-18H2,1H3. The predicted molar refractivity (Wildman–Crippen MR) is 116 cm³/mol. The molecule has 1 aromatic carbocycles. The average Bonchev–Trinajstić information content (AvgIpc) is 2.78. The molecule has 0 unspecified atom stereocenters. The molecule has 3 heteroatoms. The number of ether oxygens (including phenoxy) is 1.